The summed E-state index contributed by atoms with van der Waals surface area (Å²) in [6, 6.07) is 5.65. The van der Waals surface area contributed by atoms with E-state index < -0.39 is 17.8 Å². The highest BCUT2D eigenvalue weighted by Crippen LogP contribution is 2.31. The largest absolute Gasteiger partial charge is 0.478 e. The van der Waals surface area contributed by atoms with E-state index in [4.69, 9.17) is 0 Å². The molecule has 0 aromatic heterocycles. The monoisotopic (exact) mass is 480 g/mol. The molecule has 35 heavy (non-hydrogen) atoms. The Bertz CT molecular complexity index is 1150. The van der Waals surface area contributed by atoms with Crippen LogP contribution in [0, 0.1) is 0 Å². The summed E-state index contributed by atoms with van der Waals surface area (Å²) in [7, 11) is 0. The third kappa shape index (κ3) is 5.63. The second-order valence-electron chi connectivity index (χ2n) is 9.68. The van der Waals surface area contributed by atoms with E-state index in [0.29, 0.717) is 5.56 Å². The molecule has 4 N–H and O–H groups in total. The lowest BCUT2D eigenvalue weighted by Crippen LogP contribution is -2.37. The van der Waals surface area contributed by atoms with Crippen LogP contribution in [0.3, 0.4) is 0 Å². The number of hydrogen-bond donors (Lipinski definition) is 4. The highest BCUT2D eigenvalue weighted by Gasteiger charge is 2.26. The van der Waals surface area contributed by atoms with Crippen molar-refractivity contribution in [3.63, 3.8) is 0 Å². The summed E-state index contributed by atoms with van der Waals surface area (Å²) in [5, 5.41) is 26.0. The molecular weight excluding hydrogens is 448 g/mol. The Labute approximate surface area is 204 Å². The number of hydrogen-bond acceptors (Lipinski definition) is 4. The van der Waals surface area contributed by atoms with Crippen LogP contribution in [0.15, 0.2) is 24.3 Å². The number of carbonyl (C=O) groups excluding carboxylic acids is 2. The average molecular weight is 481 g/mol. The minimum atomic E-state index is -1.26. The molecule has 0 aliphatic heterocycles. The molecule has 4 rings (SSSR count). The summed E-state index contributed by atoms with van der Waals surface area (Å²) in [5.74, 6) is -3.17. The molecular formula is C27H32N2O6. The molecule has 0 atom stereocenters. The molecule has 2 aliphatic carbocycles. The molecule has 8 nitrogen and oxygen atoms in total. The van der Waals surface area contributed by atoms with E-state index in [-0.39, 0.29) is 51.9 Å². The van der Waals surface area contributed by atoms with Crippen LogP contribution >= 0.6 is 0 Å². The Morgan fingerprint density at radius 1 is 0.657 bits per heavy atom. The first kappa shape index (κ1) is 24.7. The van der Waals surface area contributed by atoms with Crippen molar-refractivity contribution in [3.8, 4) is 0 Å². The summed E-state index contributed by atoms with van der Waals surface area (Å²) in [5.41, 5.74) is 0.219. The maximum atomic E-state index is 13.2. The lowest BCUT2D eigenvalue weighted by atomic mass is 9.89. The van der Waals surface area contributed by atoms with Gasteiger partial charge in [-0.1, -0.05) is 44.6 Å². The van der Waals surface area contributed by atoms with Gasteiger partial charge in [-0.3, -0.25) is 9.59 Å². The van der Waals surface area contributed by atoms with Gasteiger partial charge in [-0.25, -0.2) is 9.59 Å². The Balaban J connectivity index is 1.75. The van der Waals surface area contributed by atoms with Crippen LogP contribution in [0.2, 0.25) is 0 Å². The van der Waals surface area contributed by atoms with Gasteiger partial charge in [0.2, 0.25) is 5.91 Å². The first-order valence-corrected chi connectivity index (χ1v) is 12.5. The molecule has 0 saturated heterocycles. The van der Waals surface area contributed by atoms with Crippen LogP contribution in [0.5, 0.6) is 0 Å². The minimum absolute atomic E-state index is 0.00295. The lowest BCUT2D eigenvalue weighted by molar-refractivity contribution is -0.121. The van der Waals surface area contributed by atoms with E-state index in [9.17, 15) is 29.4 Å². The third-order valence-corrected chi connectivity index (χ3v) is 7.21. The van der Waals surface area contributed by atoms with E-state index in [1.54, 1.807) is 0 Å². The number of carboxylic acid groups (broad SMARTS) is 2. The highest BCUT2D eigenvalue weighted by molar-refractivity contribution is 6.19. The average Bonchev–Trinajstić information content (AvgIpc) is 2.84. The van der Waals surface area contributed by atoms with Gasteiger partial charge in [0, 0.05) is 28.4 Å². The molecule has 0 bridgehead atoms. The smallest absolute Gasteiger partial charge is 0.336 e. The van der Waals surface area contributed by atoms with Crippen molar-refractivity contribution in [1.82, 2.24) is 10.6 Å². The predicted octanol–water partition coefficient (Wildman–Crippen LogP) is 4.29. The van der Waals surface area contributed by atoms with Crippen molar-refractivity contribution in [2.24, 2.45) is 0 Å². The topological polar surface area (TPSA) is 133 Å². The Kier molecular flexibility index (Phi) is 7.68. The molecule has 0 heterocycles. The zero-order valence-corrected chi connectivity index (χ0v) is 19.8. The van der Waals surface area contributed by atoms with E-state index in [1.807, 2.05) is 0 Å². The zero-order valence-electron chi connectivity index (χ0n) is 19.8. The molecule has 2 aromatic carbocycles. The number of fused-ring (bicyclic) bond motifs is 1. The number of carbonyl (C=O) groups is 4. The number of aromatic carboxylic acids is 2. The van der Waals surface area contributed by atoms with Crippen molar-refractivity contribution < 1.29 is 29.4 Å². The molecule has 8 heteroatoms. The number of nitrogens with one attached hydrogen (secondary N) is 2. The standard InChI is InChI=1S/C27H32N2O6/c30-22(28-17-7-3-1-4-8-17)15-16-11-12-21(27(34)35)24-19(13-14-20(23(16)24)26(32)33)25(31)29-18-9-5-2-6-10-18/h11-14,17-18H,1-10,15H2,(H,28,30)(H,29,31)(H,32,33)(H,34,35). The van der Waals surface area contributed by atoms with Crippen molar-refractivity contribution in [3.05, 3.63) is 46.5 Å². The zero-order chi connectivity index (χ0) is 24.9. The summed E-state index contributed by atoms with van der Waals surface area (Å²) >= 11 is 0. The van der Waals surface area contributed by atoms with Gasteiger partial charge < -0.3 is 20.8 Å². The van der Waals surface area contributed by atoms with Gasteiger partial charge in [0.25, 0.3) is 5.91 Å². The fourth-order valence-electron chi connectivity index (χ4n) is 5.47. The predicted molar refractivity (Wildman–Crippen MR) is 131 cm³/mol. The van der Waals surface area contributed by atoms with Crippen LogP contribution in [-0.2, 0) is 11.2 Å². The van der Waals surface area contributed by atoms with Gasteiger partial charge in [-0.2, -0.15) is 0 Å². The summed E-state index contributed by atoms with van der Waals surface area (Å²) in [4.78, 5) is 50.3. The lowest BCUT2D eigenvalue weighted by Gasteiger charge is -2.24. The third-order valence-electron chi connectivity index (χ3n) is 7.21. The fourth-order valence-corrected chi connectivity index (χ4v) is 5.47. The van der Waals surface area contributed by atoms with Gasteiger partial charge in [0.05, 0.1) is 17.5 Å². The second kappa shape index (κ2) is 10.9. The van der Waals surface area contributed by atoms with Gasteiger partial charge in [0.1, 0.15) is 0 Å². The van der Waals surface area contributed by atoms with E-state index in [0.717, 1.165) is 64.2 Å². The SMILES string of the molecule is O=C(Cc1ccc(C(=O)O)c2c(C(=O)NC3CCCCC3)ccc(C(=O)O)c12)NC1CCCCC1. The summed E-state index contributed by atoms with van der Waals surface area (Å²) in [6.07, 6.45) is 9.87. The Hall–Kier alpha value is -3.42. The van der Waals surface area contributed by atoms with Gasteiger partial charge in [-0.05, 0) is 49.4 Å². The van der Waals surface area contributed by atoms with Gasteiger partial charge in [-0.15, -0.1) is 0 Å². The van der Waals surface area contributed by atoms with Crippen LogP contribution < -0.4 is 10.6 Å². The first-order valence-electron chi connectivity index (χ1n) is 12.5. The summed E-state index contributed by atoms with van der Waals surface area (Å²) in [6.45, 7) is 0. The molecule has 2 saturated carbocycles. The molecule has 0 unspecified atom stereocenters. The number of amides is 2. The number of carboxylic acids is 2. The van der Waals surface area contributed by atoms with E-state index in [1.165, 1.54) is 24.3 Å². The van der Waals surface area contributed by atoms with E-state index in [2.05, 4.69) is 10.6 Å². The quantitative estimate of drug-likeness (QED) is 0.467. The highest BCUT2D eigenvalue weighted by atomic mass is 16.4. The van der Waals surface area contributed by atoms with Crippen molar-refractivity contribution in [2.45, 2.75) is 82.7 Å². The summed E-state index contributed by atoms with van der Waals surface area (Å²) < 4.78 is 0. The maximum absolute atomic E-state index is 13.2. The van der Waals surface area contributed by atoms with Crippen molar-refractivity contribution in [1.29, 1.82) is 0 Å². The first-order chi connectivity index (χ1) is 16.8. The Morgan fingerprint density at radius 3 is 1.71 bits per heavy atom. The minimum Gasteiger partial charge on any atom is -0.478 e. The second-order valence-corrected chi connectivity index (χ2v) is 9.68. The van der Waals surface area contributed by atoms with Crippen molar-refractivity contribution >= 4 is 34.5 Å². The van der Waals surface area contributed by atoms with Crippen LogP contribution in [-0.4, -0.2) is 46.0 Å². The molecule has 0 radical (unpaired) electrons. The van der Waals surface area contributed by atoms with Gasteiger partial charge in [0.15, 0.2) is 0 Å². The van der Waals surface area contributed by atoms with Crippen LogP contribution in [0.4, 0.5) is 0 Å². The fraction of sp³-hybridized carbons (Fsp3) is 0.481. The molecule has 2 aliphatic rings. The molecule has 186 valence electrons. The number of rotatable bonds is 7. The Morgan fingerprint density at radius 2 is 1.14 bits per heavy atom. The molecule has 2 aromatic rings. The normalized spacial score (nSPS) is 17.1. The molecule has 2 amide bonds. The maximum Gasteiger partial charge on any atom is 0.336 e. The van der Waals surface area contributed by atoms with Crippen LogP contribution in [0.25, 0.3) is 10.8 Å². The van der Waals surface area contributed by atoms with Crippen LogP contribution in [0.1, 0.15) is 101 Å². The van der Waals surface area contributed by atoms with Crippen molar-refractivity contribution in [2.75, 3.05) is 0 Å². The molecule has 0 spiro atoms. The van der Waals surface area contributed by atoms with Gasteiger partial charge >= 0.3 is 11.9 Å². The molecule has 2 fully saturated rings. The number of benzene rings is 2. The van der Waals surface area contributed by atoms with E-state index >= 15 is 0 Å².